The molecular formula is C24H35BrFNO3S. The summed E-state index contributed by atoms with van der Waals surface area (Å²) in [7, 11) is 0. The molecule has 0 saturated carbocycles. The van der Waals surface area contributed by atoms with E-state index in [0.717, 1.165) is 42.3 Å². The molecule has 0 aliphatic rings. The third kappa shape index (κ3) is 7.70. The Kier molecular flexibility index (Phi) is 12.0. The molecule has 174 valence electrons. The summed E-state index contributed by atoms with van der Waals surface area (Å²) in [5.41, 5.74) is -0.0810. The van der Waals surface area contributed by atoms with Crippen LogP contribution in [0.15, 0.2) is 21.5 Å². The Hall–Kier alpha value is -1.21. The molecule has 3 atom stereocenters. The standard InChI is InChI=1S/C24H35BrFNO3S/c1-7-10-15(4)22(28)27(23(29)16(5)11-8-2)20-14-21(18(25)13-19(20)26)31-24(30)17(6)12-9-3/h13-17H,7-12H2,1-6H3. The summed E-state index contributed by atoms with van der Waals surface area (Å²) in [6, 6.07) is 2.69. The molecule has 7 heteroatoms. The van der Waals surface area contributed by atoms with Gasteiger partial charge in [-0.25, -0.2) is 9.29 Å². The highest BCUT2D eigenvalue weighted by molar-refractivity contribution is 9.10. The molecule has 2 amide bonds. The number of imide groups is 1. The summed E-state index contributed by atoms with van der Waals surface area (Å²) < 4.78 is 15.5. The number of hydrogen-bond acceptors (Lipinski definition) is 4. The average Bonchev–Trinajstić information content (AvgIpc) is 2.71. The lowest BCUT2D eigenvalue weighted by Crippen LogP contribution is -2.43. The lowest BCUT2D eigenvalue weighted by atomic mass is 10.00. The second kappa shape index (κ2) is 13.4. The molecular weight excluding hydrogens is 481 g/mol. The summed E-state index contributed by atoms with van der Waals surface area (Å²) in [5, 5.41) is -0.0250. The largest absolute Gasteiger partial charge is 0.287 e. The van der Waals surface area contributed by atoms with Gasteiger partial charge < -0.3 is 0 Å². The number of halogens is 2. The molecule has 0 saturated heterocycles. The van der Waals surface area contributed by atoms with Gasteiger partial charge in [-0.05, 0) is 47.3 Å². The molecule has 1 aromatic carbocycles. The Morgan fingerprint density at radius 2 is 1.35 bits per heavy atom. The van der Waals surface area contributed by atoms with Gasteiger partial charge >= 0.3 is 0 Å². The van der Waals surface area contributed by atoms with Gasteiger partial charge in [0.05, 0.1) is 5.69 Å². The molecule has 0 N–H and O–H groups in total. The molecule has 3 unspecified atom stereocenters. The Labute approximate surface area is 198 Å². The summed E-state index contributed by atoms with van der Waals surface area (Å²) in [6.45, 7) is 11.3. The summed E-state index contributed by atoms with van der Waals surface area (Å²) in [6.07, 6.45) is 4.45. The fourth-order valence-electron chi connectivity index (χ4n) is 3.43. The Morgan fingerprint density at radius 1 is 0.903 bits per heavy atom. The van der Waals surface area contributed by atoms with Crippen LogP contribution in [-0.2, 0) is 14.4 Å². The van der Waals surface area contributed by atoms with Crippen molar-refractivity contribution in [3.05, 3.63) is 22.4 Å². The van der Waals surface area contributed by atoms with E-state index >= 15 is 4.39 Å². The molecule has 0 spiro atoms. The first-order valence-corrected chi connectivity index (χ1v) is 12.8. The first kappa shape index (κ1) is 27.8. The first-order chi connectivity index (χ1) is 14.6. The predicted molar refractivity (Wildman–Crippen MR) is 130 cm³/mol. The van der Waals surface area contributed by atoms with Gasteiger partial charge in [-0.1, -0.05) is 72.6 Å². The number of carbonyl (C=O) groups excluding carboxylic acids is 3. The van der Waals surface area contributed by atoms with Crippen molar-refractivity contribution in [2.45, 2.75) is 85.0 Å². The van der Waals surface area contributed by atoms with Crippen molar-refractivity contribution in [3.63, 3.8) is 0 Å². The van der Waals surface area contributed by atoms with Crippen LogP contribution in [0.4, 0.5) is 10.1 Å². The molecule has 0 aliphatic heterocycles. The normalized spacial score (nSPS) is 14.1. The lowest BCUT2D eigenvalue weighted by Gasteiger charge is -2.27. The quantitative estimate of drug-likeness (QED) is 0.288. The van der Waals surface area contributed by atoms with Gasteiger partial charge in [-0.3, -0.25) is 14.4 Å². The maximum atomic E-state index is 15.0. The zero-order valence-corrected chi connectivity index (χ0v) is 21.9. The van der Waals surface area contributed by atoms with E-state index in [1.54, 1.807) is 13.8 Å². The molecule has 31 heavy (non-hydrogen) atoms. The van der Waals surface area contributed by atoms with Crippen molar-refractivity contribution in [3.8, 4) is 0 Å². The van der Waals surface area contributed by atoms with Crippen molar-refractivity contribution in [2.24, 2.45) is 17.8 Å². The van der Waals surface area contributed by atoms with E-state index < -0.39 is 29.5 Å². The zero-order chi connectivity index (χ0) is 23.7. The molecule has 1 aromatic rings. The minimum absolute atomic E-state index is 0.0250. The maximum Gasteiger partial charge on any atom is 0.236 e. The third-order valence-electron chi connectivity index (χ3n) is 5.30. The van der Waals surface area contributed by atoms with E-state index in [-0.39, 0.29) is 16.7 Å². The molecule has 0 aromatic heterocycles. The number of thioether (sulfide) groups is 1. The Balaban J connectivity index is 3.44. The molecule has 0 aliphatic carbocycles. The molecule has 0 radical (unpaired) electrons. The number of amides is 2. The van der Waals surface area contributed by atoms with E-state index in [9.17, 15) is 14.4 Å². The van der Waals surface area contributed by atoms with Crippen LogP contribution in [0.5, 0.6) is 0 Å². The highest BCUT2D eigenvalue weighted by Crippen LogP contribution is 2.37. The number of anilines is 1. The van der Waals surface area contributed by atoms with Gasteiger partial charge in [0.15, 0.2) is 5.12 Å². The fraction of sp³-hybridized carbons (Fsp3) is 0.625. The number of carbonyl (C=O) groups is 3. The van der Waals surface area contributed by atoms with Crippen molar-refractivity contribution >= 4 is 50.3 Å². The van der Waals surface area contributed by atoms with E-state index in [2.05, 4.69) is 15.9 Å². The molecule has 1 rings (SSSR count). The van der Waals surface area contributed by atoms with E-state index in [1.165, 1.54) is 12.1 Å². The number of rotatable bonds is 11. The molecule has 0 fully saturated rings. The minimum atomic E-state index is -0.667. The van der Waals surface area contributed by atoms with Crippen molar-refractivity contribution in [2.75, 3.05) is 4.90 Å². The zero-order valence-electron chi connectivity index (χ0n) is 19.5. The van der Waals surface area contributed by atoms with Gasteiger partial charge in [0.1, 0.15) is 5.82 Å². The number of benzene rings is 1. The SMILES string of the molecule is CCCC(C)C(=O)Sc1cc(N(C(=O)C(C)CCC)C(=O)C(C)CCC)c(F)cc1Br. The second-order valence-electron chi connectivity index (χ2n) is 8.24. The molecule has 0 bridgehead atoms. The highest BCUT2D eigenvalue weighted by Gasteiger charge is 2.33. The van der Waals surface area contributed by atoms with Crippen molar-refractivity contribution in [1.29, 1.82) is 0 Å². The number of hydrogen-bond donors (Lipinski definition) is 0. The average molecular weight is 517 g/mol. The van der Waals surface area contributed by atoms with Crippen LogP contribution in [0, 0.1) is 23.6 Å². The summed E-state index contributed by atoms with van der Waals surface area (Å²) in [5.74, 6) is -2.43. The van der Waals surface area contributed by atoms with Crippen LogP contribution >= 0.6 is 27.7 Å². The van der Waals surface area contributed by atoms with Crippen molar-refractivity contribution in [1.82, 2.24) is 0 Å². The van der Waals surface area contributed by atoms with Crippen LogP contribution in [0.1, 0.15) is 80.1 Å². The van der Waals surface area contributed by atoms with Crippen LogP contribution in [0.25, 0.3) is 0 Å². The van der Waals surface area contributed by atoms with Gasteiger partial charge in [0, 0.05) is 27.1 Å². The van der Waals surface area contributed by atoms with E-state index in [4.69, 9.17) is 0 Å². The summed E-state index contributed by atoms with van der Waals surface area (Å²) in [4.78, 5) is 40.5. The van der Waals surface area contributed by atoms with Crippen LogP contribution in [0.2, 0.25) is 0 Å². The number of nitrogens with zero attached hydrogens (tertiary/aromatic N) is 1. The lowest BCUT2D eigenvalue weighted by molar-refractivity contribution is -0.130. The third-order valence-corrected chi connectivity index (χ3v) is 7.38. The monoisotopic (exact) mass is 515 g/mol. The molecule has 0 heterocycles. The highest BCUT2D eigenvalue weighted by atomic mass is 79.9. The summed E-state index contributed by atoms with van der Waals surface area (Å²) >= 11 is 4.34. The minimum Gasteiger partial charge on any atom is -0.287 e. The topological polar surface area (TPSA) is 54.5 Å². The van der Waals surface area contributed by atoms with Gasteiger partial charge in [-0.15, -0.1) is 0 Å². The van der Waals surface area contributed by atoms with Crippen molar-refractivity contribution < 1.29 is 18.8 Å². The Morgan fingerprint density at radius 3 is 1.81 bits per heavy atom. The van der Waals surface area contributed by atoms with Gasteiger partial charge in [-0.2, -0.15) is 0 Å². The second-order valence-corrected chi connectivity index (χ2v) is 10.1. The fourth-order valence-corrected chi connectivity index (χ4v) is 4.85. The predicted octanol–water partition coefficient (Wildman–Crippen LogP) is 7.38. The van der Waals surface area contributed by atoms with Gasteiger partial charge in [0.25, 0.3) is 0 Å². The van der Waals surface area contributed by atoms with Crippen LogP contribution < -0.4 is 4.90 Å². The molecule has 4 nitrogen and oxygen atoms in total. The van der Waals surface area contributed by atoms with Crippen LogP contribution in [0.3, 0.4) is 0 Å². The van der Waals surface area contributed by atoms with E-state index in [0.29, 0.717) is 22.2 Å². The smallest absolute Gasteiger partial charge is 0.236 e. The Bertz CT molecular complexity index is 762. The first-order valence-electron chi connectivity index (χ1n) is 11.2. The van der Waals surface area contributed by atoms with Crippen LogP contribution in [-0.4, -0.2) is 16.9 Å². The van der Waals surface area contributed by atoms with Gasteiger partial charge in [0.2, 0.25) is 11.8 Å². The maximum absolute atomic E-state index is 15.0. The van der Waals surface area contributed by atoms with E-state index in [1.807, 2.05) is 27.7 Å².